The minimum Gasteiger partial charge on any atom is -0.444 e. The number of carbonyl (C=O) groups excluding carboxylic acids is 2. The largest absolute Gasteiger partial charge is 0.444 e. The molecule has 0 spiro atoms. The fraction of sp³-hybridized carbons (Fsp3) is 0.364. The van der Waals surface area contributed by atoms with Crippen LogP contribution in [0.15, 0.2) is 54.6 Å². The lowest BCUT2D eigenvalue weighted by atomic mass is 9.97. The van der Waals surface area contributed by atoms with E-state index in [1.54, 1.807) is 20.8 Å². The van der Waals surface area contributed by atoms with Crippen LogP contribution in [0.25, 0.3) is 0 Å². The summed E-state index contributed by atoms with van der Waals surface area (Å²) in [6, 6.07) is 15.2. The maximum atomic E-state index is 12.9. The van der Waals surface area contributed by atoms with Crippen molar-refractivity contribution in [2.45, 2.75) is 38.8 Å². The van der Waals surface area contributed by atoms with Gasteiger partial charge in [-0.25, -0.2) is 4.79 Å². The maximum absolute atomic E-state index is 12.9. The molecule has 0 saturated heterocycles. The lowest BCUT2D eigenvalue weighted by Gasteiger charge is -2.30. The average molecular weight is 413 g/mol. The number of carbonyl (C=O) groups is 2. The van der Waals surface area contributed by atoms with Crippen molar-refractivity contribution in [3.8, 4) is 0 Å². The normalized spacial score (nSPS) is 12.0. The van der Waals surface area contributed by atoms with Gasteiger partial charge in [0.05, 0.1) is 10.8 Å². The van der Waals surface area contributed by atoms with E-state index in [4.69, 9.17) is 4.74 Å². The molecule has 30 heavy (non-hydrogen) atoms. The molecule has 0 heterocycles. The Morgan fingerprint density at radius 2 is 1.70 bits per heavy atom. The molecule has 0 aliphatic carbocycles. The first kappa shape index (κ1) is 22.9. The molecule has 2 aromatic carbocycles. The van der Waals surface area contributed by atoms with Crippen molar-refractivity contribution in [1.82, 2.24) is 10.2 Å². The van der Waals surface area contributed by atoms with Crippen LogP contribution in [0.5, 0.6) is 0 Å². The van der Waals surface area contributed by atoms with Crippen LogP contribution >= 0.6 is 0 Å². The number of nitrogens with zero attached hydrogens (tertiary/aromatic N) is 2. The monoisotopic (exact) mass is 413 g/mol. The van der Waals surface area contributed by atoms with Crippen molar-refractivity contribution >= 4 is 17.7 Å². The number of likely N-dealkylation sites (N-methyl/N-ethyl adjacent to an activating group) is 1. The lowest BCUT2D eigenvalue weighted by Crippen LogP contribution is -2.41. The second-order valence-electron chi connectivity index (χ2n) is 7.86. The number of nitro benzene ring substituents is 1. The van der Waals surface area contributed by atoms with E-state index in [1.807, 2.05) is 30.3 Å². The zero-order valence-corrected chi connectivity index (χ0v) is 17.6. The van der Waals surface area contributed by atoms with Crippen LogP contribution in [0.2, 0.25) is 0 Å². The van der Waals surface area contributed by atoms with Crippen LogP contribution in [-0.2, 0) is 16.1 Å². The van der Waals surface area contributed by atoms with Gasteiger partial charge < -0.3 is 15.0 Å². The number of non-ortho nitro benzene ring substituents is 1. The second-order valence-corrected chi connectivity index (χ2v) is 7.86. The summed E-state index contributed by atoms with van der Waals surface area (Å²) in [6.07, 6.45) is -0.540. The molecule has 160 valence electrons. The summed E-state index contributed by atoms with van der Waals surface area (Å²) >= 11 is 0. The van der Waals surface area contributed by atoms with Gasteiger partial charge in [0.1, 0.15) is 5.60 Å². The van der Waals surface area contributed by atoms with Gasteiger partial charge in [-0.2, -0.15) is 0 Å². The van der Waals surface area contributed by atoms with E-state index in [1.165, 1.54) is 36.2 Å². The Balaban J connectivity index is 2.34. The molecular weight excluding hydrogens is 386 g/mol. The summed E-state index contributed by atoms with van der Waals surface area (Å²) < 4.78 is 5.54. The van der Waals surface area contributed by atoms with Gasteiger partial charge >= 0.3 is 6.09 Å². The molecule has 1 N–H and O–H groups in total. The fourth-order valence-corrected chi connectivity index (χ4v) is 2.90. The van der Waals surface area contributed by atoms with Crippen molar-refractivity contribution in [2.75, 3.05) is 13.6 Å². The number of amides is 2. The fourth-order valence-electron chi connectivity index (χ4n) is 2.90. The van der Waals surface area contributed by atoms with E-state index in [0.29, 0.717) is 5.56 Å². The van der Waals surface area contributed by atoms with E-state index in [0.717, 1.165) is 5.56 Å². The highest BCUT2D eigenvalue weighted by molar-refractivity contribution is 5.84. The first-order chi connectivity index (χ1) is 14.1. The molecule has 0 radical (unpaired) electrons. The van der Waals surface area contributed by atoms with Crippen molar-refractivity contribution in [3.05, 3.63) is 75.8 Å². The molecule has 0 fully saturated rings. The quantitative estimate of drug-likeness (QED) is 0.548. The Hall–Kier alpha value is -3.42. The number of hydrogen-bond acceptors (Lipinski definition) is 5. The zero-order chi connectivity index (χ0) is 22.3. The highest BCUT2D eigenvalue weighted by Crippen LogP contribution is 2.23. The highest BCUT2D eigenvalue weighted by Gasteiger charge is 2.29. The standard InChI is InChI=1S/C22H27N3O5/c1-22(2,3)30-21(27)24(14-16-8-6-5-7-9-16)15-19(20(26)23-4)17-10-12-18(13-11-17)25(28)29/h5-13,19H,14-15H2,1-4H3,(H,23,26). The molecule has 0 aliphatic heterocycles. The molecule has 2 aromatic rings. The topological polar surface area (TPSA) is 102 Å². The van der Waals surface area contributed by atoms with Crippen LogP contribution < -0.4 is 5.32 Å². The average Bonchev–Trinajstić information content (AvgIpc) is 2.70. The van der Waals surface area contributed by atoms with Crippen LogP contribution in [0, 0.1) is 10.1 Å². The van der Waals surface area contributed by atoms with Gasteiger partial charge in [-0.3, -0.25) is 14.9 Å². The summed E-state index contributed by atoms with van der Waals surface area (Å²) in [5.41, 5.74) is 0.703. The summed E-state index contributed by atoms with van der Waals surface area (Å²) in [5, 5.41) is 13.5. The first-order valence-electron chi connectivity index (χ1n) is 9.58. The Morgan fingerprint density at radius 3 is 2.20 bits per heavy atom. The Labute approximate surface area is 176 Å². The van der Waals surface area contributed by atoms with Crippen LogP contribution in [0.4, 0.5) is 10.5 Å². The minimum atomic E-state index is -0.716. The Morgan fingerprint density at radius 1 is 1.10 bits per heavy atom. The molecular formula is C22H27N3O5. The lowest BCUT2D eigenvalue weighted by molar-refractivity contribution is -0.384. The van der Waals surface area contributed by atoms with Gasteiger partial charge in [0.2, 0.25) is 5.91 Å². The molecule has 0 saturated carbocycles. The number of ether oxygens (including phenoxy) is 1. The van der Waals surface area contributed by atoms with Crippen molar-refractivity contribution < 1.29 is 19.2 Å². The van der Waals surface area contributed by atoms with Gasteiger partial charge in [0.25, 0.3) is 5.69 Å². The smallest absolute Gasteiger partial charge is 0.410 e. The molecule has 2 amide bonds. The van der Waals surface area contributed by atoms with E-state index in [2.05, 4.69) is 5.32 Å². The van der Waals surface area contributed by atoms with Crippen LogP contribution in [-0.4, -0.2) is 41.0 Å². The number of nitrogens with one attached hydrogen (secondary N) is 1. The molecule has 0 aromatic heterocycles. The molecule has 0 aliphatic rings. The summed E-state index contributed by atoms with van der Waals surface area (Å²) in [4.78, 5) is 37.4. The summed E-state index contributed by atoms with van der Waals surface area (Å²) in [5.74, 6) is -1.02. The van der Waals surface area contributed by atoms with Crippen LogP contribution in [0.3, 0.4) is 0 Å². The van der Waals surface area contributed by atoms with Gasteiger partial charge in [0.15, 0.2) is 0 Å². The number of benzene rings is 2. The SMILES string of the molecule is CNC(=O)C(CN(Cc1ccccc1)C(=O)OC(C)(C)C)c1ccc([N+](=O)[O-])cc1. The van der Waals surface area contributed by atoms with E-state index in [9.17, 15) is 19.7 Å². The van der Waals surface area contributed by atoms with Gasteiger partial charge in [-0.15, -0.1) is 0 Å². The predicted octanol–water partition coefficient (Wildman–Crippen LogP) is 3.86. The number of rotatable bonds is 7. The molecule has 2 rings (SSSR count). The van der Waals surface area contributed by atoms with E-state index >= 15 is 0 Å². The Bertz CT molecular complexity index is 876. The molecule has 1 atom stereocenters. The number of hydrogen-bond donors (Lipinski definition) is 1. The molecule has 1 unspecified atom stereocenters. The van der Waals surface area contributed by atoms with Gasteiger partial charge in [-0.1, -0.05) is 42.5 Å². The van der Waals surface area contributed by atoms with Crippen LogP contribution in [0.1, 0.15) is 37.8 Å². The van der Waals surface area contributed by atoms with Gasteiger partial charge in [-0.05, 0) is 31.9 Å². The third kappa shape index (κ3) is 6.58. The third-order valence-corrected chi connectivity index (χ3v) is 4.34. The summed E-state index contributed by atoms with van der Waals surface area (Å²) in [7, 11) is 1.51. The first-order valence-corrected chi connectivity index (χ1v) is 9.58. The van der Waals surface area contributed by atoms with Crippen molar-refractivity contribution in [2.24, 2.45) is 0 Å². The minimum absolute atomic E-state index is 0.0568. The predicted molar refractivity (Wildman–Crippen MR) is 113 cm³/mol. The third-order valence-electron chi connectivity index (χ3n) is 4.34. The zero-order valence-electron chi connectivity index (χ0n) is 17.6. The van der Waals surface area contributed by atoms with E-state index < -0.39 is 22.5 Å². The maximum Gasteiger partial charge on any atom is 0.410 e. The van der Waals surface area contributed by atoms with E-state index in [-0.39, 0.29) is 24.7 Å². The Kier molecular flexibility index (Phi) is 7.52. The molecule has 8 nitrogen and oxygen atoms in total. The van der Waals surface area contributed by atoms with Gasteiger partial charge in [0, 0.05) is 32.3 Å². The van der Waals surface area contributed by atoms with Crippen molar-refractivity contribution in [3.63, 3.8) is 0 Å². The highest BCUT2D eigenvalue weighted by atomic mass is 16.6. The molecule has 8 heteroatoms. The second kappa shape index (κ2) is 9.87. The molecule has 0 bridgehead atoms. The van der Waals surface area contributed by atoms with Crippen molar-refractivity contribution in [1.29, 1.82) is 0 Å². The summed E-state index contributed by atoms with van der Waals surface area (Å²) in [6.45, 7) is 5.64. The number of nitro groups is 1.